The van der Waals surface area contributed by atoms with Gasteiger partial charge in [-0.2, -0.15) is 0 Å². The number of carbonyl (C=O) groups is 3. The van der Waals surface area contributed by atoms with E-state index >= 15 is 0 Å². The van der Waals surface area contributed by atoms with Crippen LogP contribution in [0.1, 0.15) is 31.9 Å². The van der Waals surface area contributed by atoms with Crippen molar-refractivity contribution in [2.45, 2.75) is 26.3 Å². The highest BCUT2D eigenvalue weighted by Crippen LogP contribution is 2.32. The van der Waals surface area contributed by atoms with Crippen LogP contribution in [0.15, 0.2) is 35.5 Å². The Bertz CT molecular complexity index is 909. The van der Waals surface area contributed by atoms with Crippen molar-refractivity contribution in [3.8, 4) is 5.75 Å². The second kappa shape index (κ2) is 11.7. The lowest BCUT2D eigenvalue weighted by molar-refractivity contribution is -0.139. The summed E-state index contributed by atoms with van der Waals surface area (Å²) in [5.74, 6) is 0.230. The first-order chi connectivity index (χ1) is 16.4. The lowest BCUT2D eigenvalue weighted by Gasteiger charge is -2.39. The van der Waals surface area contributed by atoms with Gasteiger partial charge >= 0.3 is 18.0 Å². The van der Waals surface area contributed by atoms with Crippen molar-refractivity contribution in [3.05, 3.63) is 41.1 Å². The van der Waals surface area contributed by atoms with Gasteiger partial charge in [0.2, 0.25) is 0 Å². The highest BCUT2D eigenvalue weighted by Gasteiger charge is 2.37. The Kier molecular flexibility index (Phi) is 8.75. The van der Waals surface area contributed by atoms with Crippen molar-refractivity contribution in [2.75, 3.05) is 60.0 Å². The fourth-order valence-electron chi connectivity index (χ4n) is 4.11. The molecule has 0 spiro atoms. The molecule has 1 aromatic rings. The van der Waals surface area contributed by atoms with Crippen LogP contribution >= 0.6 is 0 Å². The number of ether oxygens (including phenoxy) is 2. The zero-order valence-corrected chi connectivity index (χ0v) is 20.4. The van der Waals surface area contributed by atoms with E-state index in [0.29, 0.717) is 56.3 Å². The van der Waals surface area contributed by atoms with E-state index < -0.39 is 12.0 Å². The molecule has 3 rings (SSSR count). The van der Waals surface area contributed by atoms with Crippen LogP contribution in [0.5, 0.6) is 5.75 Å². The van der Waals surface area contributed by atoms with Crippen molar-refractivity contribution in [1.29, 1.82) is 0 Å². The van der Waals surface area contributed by atoms with Crippen LogP contribution in [0, 0.1) is 0 Å². The van der Waals surface area contributed by atoms with Crippen LogP contribution in [0.25, 0.3) is 0 Å². The third-order valence-electron chi connectivity index (χ3n) is 6.08. The Labute approximate surface area is 200 Å². The third kappa shape index (κ3) is 5.80. The van der Waals surface area contributed by atoms with Crippen molar-refractivity contribution >= 4 is 18.0 Å². The molecule has 186 valence electrons. The lowest BCUT2D eigenvalue weighted by atomic mass is 9.94. The van der Waals surface area contributed by atoms with E-state index in [1.54, 1.807) is 38.1 Å². The number of piperazine rings is 1. The molecular weight excluding hydrogens is 438 g/mol. The Morgan fingerprint density at radius 1 is 1.12 bits per heavy atom. The molecule has 0 aromatic heterocycles. The molecule has 2 N–H and O–H groups in total. The van der Waals surface area contributed by atoms with Crippen molar-refractivity contribution in [2.24, 2.45) is 0 Å². The molecule has 2 heterocycles. The smallest absolute Gasteiger partial charge is 0.338 e. The molecule has 2 aliphatic rings. The SMILES string of the molecule is CCCNC(=O)N1CCN(CC2=C(C(=O)OCC)[C@H](c3ccc(OC)cc3)NC(=O)N2C)CC1. The number of nitrogens with one attached hydrogen (secondary N) is 2. The molecule has 4 amide bonds. The molecule has 2 aliphatic heterocycles. The van der Waals surface area contributed by atoms with Crippen LogP contribution in [0.2, 0.25) is 0 Å². The van der Waals surface area contributed by atoms with E-state index in [1.165, 1.54) is 4.90 Å². The number of rotatable bonds is 8. The van der Waals surface area contributed by atoms with Gasteiger partial charge in [0.25, 0.3) is 0 Å². The monoisotopic (exact) mass is 473 g/mol. The summed E-state index contributed by atoms with van der Waals surface area (Å²) in [5, 5.41) is 5.83. The fourth-order valence-corrected chi connectivity index (χ4v) is 4.11. The molecule has 0 aliphatic carbocycles. The molecule has 0 radical (unpaired) electrons. The minimum absolute atomic E-state index is 0.0540. The number of likely N-dealkylation sites (N-methyl/N-ethyl adjacent to an activating group) is 1. The maximum Gasteiger partial charge on any atom is 0.338 e. The van der Waals surface area contributed by atoms with E-state index in [9.17, 15) is 14.4 Å². The van der Waals surface area contributed by atoms with Crippen molar-refractivity contribution in [1.82, 2.24) is 25.3 Å². The Morgan fingerprint density at radius 3 is 2.38 bits per heavy atom. The summed E-state index contributed by atoms with van der Waals surface area (Å²) in [7, 11) is 3.24. The van der Waals surface area contributed by atoms with E-state index in [1.807, 2.05) is 19.1 Å². The van der Waals surface area contributed by atoms with Gasteiger partial charge < -0.3 is 25.0 Å². The van der Waals surface area contributed by atoms with Crippen LogP contribution in [-0.2, 0) is 9.53 Å². The first kappa shape index (κ1) is 25.4. The number of amides is 4. The molecule has 10 nitrogen and oxygen atoms in total. The number of carbonyl (C=O) groups excluding carboxylic acids is 3. The molecule has 34 heavy (non-hydrogen) atoms. The van der Waals surface area contributed by atoms with Crippen LogP contribution in [-0.4, -0.2) is 92.8 Å². The summed E-state index contributed by atoms with van der Waals surface area (Å²) in [6.07, 6.45) is 0.889. The average Bonchev–Trinajstić information content (AvgIpc) is 2.85. The van der Waals surface area contributed by atoms with Gasteiger partial charge in [-0.15, -0.1) is 0 Å². The second-order valence-corrected chi connectivity index (χ2v) is 8.29. The second-order valence-electron chi connectivity index (χ2n) is 8.29. The summed E-state index contributed by atoms with van der Waals surface area (Å²) in [6.45, 7) is 7.50. The topological polar surface area (TPSA) is 103 Å². The number of benzene rings is 1. The molecule has 10 heteroatoms. The summed E-state index contributed by atoms with van der Waals surface area (Å²) in [5.41, 5.74) is 1.78. The van der Waals surface area contributed by atoms with Gasteiger partial charge in [0.1, 0.15) is 5.75 Å². The molecule has 1 saturated heterocycles. The zero-order chi connectivity index (χ0) is 24.7. The maximum absolute atomic E-state index is 13.1. The van der Waals surface area contributed by atoms with Crippen molar-refractivity contribution in [3.63, 3.8) is 0 Å². The molecule has 0 unspecified atom stereocenters. The average molecular weight is 474 g/mol. The largest absolute Gasteiger partial charge is 0.497 e. The van der Waals surface area contributed by atoms with Crippen molar-refractivity contribution < 1.29 is 23.9 Å². The molecule has 1 atom stereocenters. The number of methoxy groups -OCH3 is 1. The third-order valence-corrected chi connectivity index (χ3v) is 6.08. The number of hydrogen-bond acceptors (Lipinski definition) is 6. The van der Waals surface area contributed by atoms with Crippen LogP contribution in [0.4, 0.5) is 9.59 Å². The summed E-state index contributed by atoms with van der Waals surface area (Å²) >= 11 is 0. The zero-order valence-electron chi connectivity index (χ0n) is 20.4. The standard InChI is InChI=1S/C24H35N5O5/c1-5-11-25-23(31)29-14-12-28(13-15-29)16-19-20(22(30)34-6-2)21(26-24(32)27(19)3)17-7-9-18(33-4)10-8-17/h7-10,21H,5-6,11-16H2,1-4H3,(H,25,31)(H,26,32)/t21-/m0/s1. The van der Waals surface area contributed by atoms with Gasteiger partial charge in [-0.3, -0.25) is 9.80 Å². The molecule has 0 bridgehead atoms. The Balaban J connectivity index is 1.85. The fraction of sp³-hybridized carbons (Fsp3) is 0.542. The maximum atomic E-state index is 13.1. The normalized spacial score (nSPS) is 19.1. The van der Waals surface area contributed by atoms with Crippen LogP contribution in [0.3, 0.4) is 0 Å². The first-order valence-electron chi connectivity index (χ1n) is 11.7. The van der Waals surface area contributed by atoms with E-state index in [2.05, 4.69) is 15.5 Å². The van der Waals surface area contributed by atoms with Gasteiger partial charge in [-0.25, -0.2) is 14.4 Å². The highest BCUT2D eigenvalue weighted by atomic mass is 16.5. The van der Waals surface area contributed by atoms with Gasteiger partial charge in [-0.1, -0.05) is 19.1 Å². The predicted octanol–water partition coefficient (Wildman–Crippen LogP) is 1.95. The van der Waals surface area contributed by atoms with Gasteiger partial charge in [0.15, 0.2) is 0 Å². The first-order valence-corrected chi connectivity index (χ1v) is 11.7. The lowest BCUT2D eigenvalue weighted by Crippen LogP contribution is -2.54. The minimum atomic E-state index is -0.634. The summed E-state index contributed by atoms with van der Waals surface area (Å²) < 4.78 is 10.6. The summed E-state index contributed by atoms with van der Waals surface area (Å²) in [6, 6.07) is 6.28. The van der Waals surface area contributed by atoms with E-state index in [4.69, 9.17) is 9.47 Å². The number of nitrogens with zero attached hydrogens (tertiary/aromatic N) is 3. The molecule has 1 aromatic carbocycles. The van der Waals surface area contributed by atoms with Gasteiger partial charge in [0, 0.05) is 52.0 Å². The predicted molar refractivity (Wildman–Crippen MR) is 127 cm³/mol. The number of esters is 1. The van der Waals surface area contributed by atoms with Gasteiger partial charge in [-0.05, 0) is 31.0 Å². The Morgan fingerprint density at radius 2 is 1.79 bits per heavy atom. The van der Waals surface area contributed by atoms with Crippen LogP contribution < -0.4 is 15.4 Å². The van der Waals surface area contributed by atoms with Gasteiger partial charge in [0.05, 0.1) is 25.3 Å². The van der Waals surface area contributed by atoms with E-state index in [-0.39, 0.29) is 18.7 Å². The summed E-state index contributed by atoms with van der Waals surface area (Å²) in [4.78, 5) is 43.6. The van der Waals surface area contributed by atoms with E-state index in [0.717, 1.165) is 12.0 Å². The highest BCUT2D eigenvalue weighted by molar-refractivity contribution is 5.95. The quantitative estimate of drug-likeness (QED) is 0.560. The number of hydrogen-bond donors (Lipinski definition) is 2. The molecular formula is C24H35N5O5. The number of urea groups is 2. The molecule has 1 fully saturated rings. The molecule has 0 saturated carbocycles. The Hall–Kier alpha value is -3.27. The minimum Gasteiger partial charge on any atom is -0.497 e.